The lowest BCUT2D eigenvalue weighted by Gasteiger charge is -2.30. The van der Waals surface area contributed by atoms with Crippen LogP contribution in [-0.4, -0.2) is 12.5 Å². The predicted molar refractivity (Wildman–Crippen MR) is 57.2 cm³/mol. The lowest BCUT2D eigenvalue weighted by Crippen LogP contribution is -2.39. The van der Waals surface area contributed by atoms with Crippen molar-refractivity contribution in [2.24, 2.45) is 5.92 Å². The van der Waals surface area contributed by atoms with E-state index in [1.807, 2.05) is 35.2 Å². The van der Waals surface area contributed by atoms with E-state index in [2.05, 4.69) is 6.92 Å². The van der Waals surface area contributed by atoms with E-state index in [0.717, 1.165) is 18.7 Å². The monoisotopic (exact) mass is 189 g/mol. The van der Waals surface area contributed by atoms with Gasteiger partial charge in [-0.25, -0.2) is 0 Å². The van der Waals surface area contributed by atoms with Gasteiger partial charge in [0.2, 0.25) is 5.91 Å². The number of hydrogen-bond acceptors (Lipinski definition) is 1. The Morgan fingerprint density at radius 2 is 2.00 bits per heavy atom. The number of rotatable bonds is 1. The highest BCUT2D eigenvalue weighted by Crippen LogP contribution is 2.23. The molecule has 74 valence electrons. The zero-order valence-corrected chi connectivity index (χ0v) is 8.44. The molecule has 0 spiro atoms. The van der Waals surface area contributed by atoms with Gasteiger partial charge in [-0.05, 0) is 24.5 Å². The van der Waals surface area contributed by atoms with Gasteiger partial charge in [0.1, 0.15) is 0 Å². The standard InChI is InChI=1S/C12H15NO/c1-10-7-8-12(14)13(9-10)11-5-3-2-4-6-11/h2-6,10H,7-9H2,1H3/t10-/m0/s1. The van der Waals surface area contributed by atoms with Gasteiger partial charge in [-0.1, -0.05) is 25.1 Å². The van der Waals surface area contributed by atoms with Crippen LogP contribution in [0.4, 0.5) is 5.69 Å². The molecule has 0 N–H and O–H groups in total. The molecule has 1 heterocycles. The number of hydrogen-bond donors (Lipinski definition) is 0. The Kier molecular flexibility index (Phi) is 2.53. The SMILES string of the molecule is C[C@H]1CCC(=O)N(c2ccccc2)C1. The summed E-state index contributed by atoms with van der Waals surface area (Å²) in [6, 6.07) is 9.91. The van der Waals surface area contributed by atoms with E-state index in [9.17, 15) is 4.79 Å². The maximum absolute atomic E-state index is 11.7. The molecule has 0 aliphatic carbocycles. The van der Waals surface area contributed by atoms with Crippen LogP contribution < -0.4 is 4.90 Å². The summed E-state index contributed by atoms with van der Waals surface area (Å²) in [5.74, 6) is 0.877. The zero-order valence-electron chi connectivity index (χ0n) is 8.44. The van der Waals surface area contributed by atoms with E-state index in [-0.39, 0.29) is 5.91 Å². The number of amides is 1. The van der Waals surface area contributed by atoms with Crippen molar-refractivity contribution in [2.75, 3.05) is 11.4 Å². The fourth-order valence-electron chi connectivity index (χ4n) is 1.87. The van der Waals surface area contributed by atoms with E-state index in [4.69, 9.17) is 0 Å². The van der Waals surface area contributed by atoms with Crippen molar-refractivity contribution in [3.63, 3.8) is 0 Å². The van der Waals surface area contributed by atoms with Crippen LogP contribution in [0.1, 0.15) is 19.8 Å². The van der Waals surface area contributed by atoms with Gasteiger partial charge in [-0.3, -0.25) is 4.79 Å². The van der Waals surface area contributed by atoms with Crippen molar-refractivity contribution < 1.29 is 4.79 Å². The number of nitrogens with zero attached hydrogens (tertiary/aromatic N) is 1. The normalized spacial score (nSPS) is 22.5. The molecule has 1 amide bonds. The summed E-state index contributed by atoms with van der Waals surface area (Å²) in [6.45, 7) is 3.06. The van der Waals surface area contributed by atoms with Crippen molar-refractivity contribution in [1.29, 1.82) is 0 Å². The minimum atomic E-state index is 0.259. The van der Waals surface area contributed by atoms with E-state index in [1.54, 1.807) is 0 Å². The van der Waals surface area contributed by atoms with E-state index < -0.39 is 0 Å². The largest absolute Gasteiger partial charge is 0.312 e. The van der Waals surface area contributed by atoms with Crippen LogP contribution in [0.3, 0.4) is 0 Å². The quantitative estimate of drug-likeness (QED) is 0.664. The molecule has 0 radical (unpaired) electrons. The fourth-order valence-corrected chi connectivity index (χ4v) is 1.87. The number of piperidine rings is 1. The lowest BCUT2D eigenvalue weighted by molar-refractivity contribution is -0.120. The molecule has 1 aromatic carbocycles. The molecule has 0 bridgehead atoms. The van der Waals surface area contributed by atoms with E-state index >= 15 is 0 Å². The average Bonchev–Trinajstić information content (AvgIpc) is 2.23. The summed E-state index contributed by atoms with van der Waals surface area (Å²) < 4.78 is 0. The van der Waals surface area contributed by atoms with Crippen molar-refractivity contribution in [3.05, 3.63) is 30.3 Å². The van der Waals surface area contributed by atoms with Gasteiger partial charge < -0.3 is 4.90 Å². The molecule has 1 saturated heterocycles. The lowest BCUT2D eigenvalue weighted by atomic mass is 9.99. The van der Waals surface area contributed by atoms with Crippen LogP contribution in [0.5, 0.6) is 0 Å². The number of para-hydroxylation sites is 1. The highest BCUT2D eigenvalue weighted by molar-refractivity contribution is 5.94. The zero-order chi connectivity index (χ0) is 9.97. The minimum absolute atomic E-state index is 0.259. The van der Waals surface area contributed by atoms with Gasteiger partial charge >= 0.3 is 0 Å². The Morgan fingerprint density at radius 3 is 2.71 bits per heavy atom. The second-order valence-electron chi connectivity index (χ2n) is 3.98. The van der Waals surface area contributed by atoms with Crippen molar-refractivity contribution in [3.8, 4) is 0 Å². The summed E-state index contributed by atoms with van der Waals surface area (Å²) in [5, 5.41) is 0. The second-order valence-corrected chi connectivity index (χ2v) is 3.98. The number of anilines is 1. The molecule has 2 nitrogen and oxygen atoms in total. The van der Waals surface area contributed by atoms with Crippen LogP contribution in [-0.2, 0) is 4.79 Å². The van der Waals surface area contributed by atoms with Crippen LogP contribution in [0.2, 0.25) is 0 Å². The highest BCUT2D eigenvalue weighted by Gasteiger charge is 2.23. The van der Waals surface area contributed by atoms with Gasteiger partial charge in [0.05, 0.1) is 0 Å². The van der Waals surface area contributed by atoms with Gasteiger partial charge in [-0.2, -0.15) is 0 Å². The Hall–Kier alpha value is -1.31. The smallest absolute Gasteiger partial charge is 0.226 e. The molecule has 0 saturated carbocycles. The average molecular weight is 189 g/mol. The van der Waals surface area contributed by atoms with Crippen molar-refractivity contribution in [1.82, 2.24) is 0 Å². The first-order valence-electron chi connectivity index (χ1n) is 5.13. The topological polar surface area (TPSA) is 20.3 Å². The predicted octanol–water partition coefficient (Wildman–Crippen LogP) is 2.45. The molecule has 14 heavy (non-hydrogen) atoms. The summed E-state index contributed by atoms with van der Waals surface area (Å²) in [4.78, 5) is 13.6. The third kappa shape index (κ3) is 1.79. The fraction of sp³-hybridized carbons (Fsp3) is 0.417. The van der Waals surface area contributed by atoms with Gasteiger partial charge in [0, 0.05) is 18.7 Å². The highest BCUT2D eigenvalue weighted by atomic mass is 16.2. The molecule has 2 rings (SSSR count). The first-order chi connectivity index (χ1) is 6.77. The minimum Gasteiger partial charge on any atom is -0.312 e. The third-order valence-electron chi connectivity index (χ3n) is 2.71. The Labute approximate surface area is 84.5 Å². The van der Waals surface area contributed by atoms with E-state index in [1.165, 1.54) is 0 Å². The second kappa shape index (κ2) is 3.82. The number of carbonyl (C=O) groups is 1. The van der Waals surface area contributed by atoms with Crippen LogP contribution in [0, 0.1) is 5.92 Å². The molecule has 2 heteroatoms. The summed E-state index contributed by atoms with van der Waals surface area (Å²) in [7, 11) is 0. The maximum Gasteiger partial charge on any atom is 0.226 e. The molecule has 1 aliphatic heterocycles. The molecule has 0 unspecified atom stereocenters. The molecule has 1 aromatic rings. The van der Waals surface area contributed by atoms with Crippen LogP contribution in [0.15, 0.2) is 30.3 Å². The first kappa shape index (κ1) is 9.25. The Morgan fingerprint density at radius 1 is 1.29 bits per heavy atom. The summed E-state index contributed by atoms with van der Waals surface area (Å²) >= 11 is 0. The summed E-state index contributed by atoms with van der Waals surface area (Å²) in [5.41, 5.74) is 1.03. The Bertz CT molecular complexity index is 320. The number of benzene rings is 1. The molecular weight excluding hydrogens is 174 g/mol. The van der Waals surface area contributed by atoms with Crippen molar-refractivity contribution >= 4 is 11.6 Å². The van der Waals surface area contributed by atoms with Crippen LogP contribution in [0.25, 0.3) is 0 Å². The maximum atomic E-state index is 11.7. The van der Waals surface area contributed by atoms with Gasteiger partial charge in [-0.15, -0.1) is 0 Å². The van der Waals surface area contributed by atoms with E-state index in [0.29, 0.717) is 12.3 Å². The van der Waals surface area contributed by atoms with Gasteiger partial charge in [0.15, 0.2) is 0 Å². The molecule has 0 aromatic heterocycles. The van der Waals surface area contributed by atoms with Crippen molar-refractivity contribution in [2.45, 2.75) is 19.8 Å². The molecule has 1 fully saturated rings. The molecule has 1 aliphatic rings. The van der Waals surface area contributed by atoms with Gasteiger partial charge in [0.25, 0.3) is 0 Å². The third-order valence-corrected chi connectivity index (χ3v) is 2.71. The Balaban J connectivity index is 2.20. The molecule has 1 atom stereocenters. The molecular formula is C12H15NO. The number of carbonyl (C=O) groups excluding carboxylic acids is 1. The first-order valence-corrected chi connectivity index (χ1v) is 5.13. The van der Waals surface area contributed by atoms with Crippen LogP contribution >= 0.6 is 0 Å². The summed E-state index contributed by atoms with van der Waals surface area (Å²) in [6.07, 6.45) is 1.72.